The first-order chi connectivity index (χ1) is 8.22. The van der Waals surface area contributed by atoms with E-state index in [1.165, 1.54) is 0 Å². The highest BCUT2D eigenvalue weighted by Crippen LogP contribution is 2.30. The average molecular weight is 245 g/mol. The predicted molar refractivity (Wildman–Crippen MR) is 68.3 cm³/mol. The summed E-state index contributed by atoms with van der Waals surface area (Å²) in [5.74, 6) is 1.00. The molecule has 0 aliphatic rings. The molecule has 0 aliphatic heterocycles. The van der Waals surface area contributed by atoms with Crippen molar-refractivity contribution in [2.45, 2.75) is 0 Å². The molecule has 0 atom stereocenters. The number of phenols is 1. The van der Waals surface area contributed by atoms with E-state index in [1.807, 2.05) is 30.3 Å². The molecule has 0 aliphatic carbocycles. The van der Waals surface area contributed by atoms with Crippen molar-refractivity contribution in [1.82, 2.24) is 0 Å². The molecule has 2 aromatic carbocycles. The minimum atomic E-state index is 0.237. The summed E-state index contributed by atoms with van der Waals surface area (Å²) in [6.07, 6.45) is 0. The smallest absolute Gasteiger partial charge is 0.135 e. The Labute approximate surface area is 103 Å². The van der Waals surface area contributed by atoms with Gasteiger partial charge in [0.25, 0.3) is 0 Å². The van der Waals surface area contributed by atoms with E-state index in [1.54, 1.807) is 18.2 Å². The fraction of sp³-hybridized carbons (Fsp3) is 0. The number of rotatable bonds is 1. The summed E-state index contributed by atoms with van der Waals surface area (Å²) in [6, 6.07) is 14.4. The number of aromatic hydroxyl groups is 1. The number of halogens is 1. The molecule has 0 radical (unpaired) electrons. The van der Waals surface area contributed by atoms with Gasteiger partial charge in [0.05, 0.1) is 0 Å². The van der Waals surface area contributed by atoms with Gasteiger partial charge < -0.3 is 9.52 Å². The molecular weight excluding hydrogens is 236 g/mol. The van der Waals surface area contributed by atoms with E-state index in [-0.39, 0.29) is 5.75 Å². The van der Waals surface area contributed by atoms with Crippen LogP contribution in [0.2, 0.25) is 5.02 Å². The van der Waals surface area contributed by atoms with Crippen LogP contribution in [-0.4, -0.2) is 5.11 Å². The van der Waals surface area contributed by atoms with Gasteiger partial charge in [-0.15, -0.1) is 0 Å². The lowest BCUT2D eigenvalue weighted by Gasteiger charge is -1.95. The molecule has 3 aromatic rings. The quantitative estimate of drug-likeness (QED) is 0.686. The average Bonchev–Trinajstić information content (AvgIpc) is 2.72. The zero-order valence-electron chi connectivity index (χ0n) is 8.85. The number of benzene rings is 2. The summed E-state index contributed by atoms with van der Waals surface area (Å²) in [5.41, 5.74) is 1.72. The van der Waals surface area contributed by atoms with Crippen molar-refractivity contribution < 1.29 is 9.52 Å². The van der Waals surface area contributed by atoms with Crippen LogP contribution in [0.4, 0.5) is 0 Å². The van der Waals surface area contributed by atoms with E-state index < -0.39 is 0 Å². The molecule has 3 heteroatoms. The van der Waals surface area contributed by atoms with E-state index in [4.69, 9.17) is 16.0 Å². The van der Waals surface area contributed by atoms with Gasteiger partial charge in [0, 0.05) is 16.0 Å². The van der Waals surface area contributed by atoms with Gasteiger partial charge in [0.2, 0.25) is 0 Å². The minimum Gasteiger partial charge on any atom is -0.508 e. The minimum absolute atomic E-state index is 0.237. The molecular formula is C14H9ClO2. The number of phenolic OH excluding ortho intramolecular Hbond substituents is 1. The van der Waals surface area contributed by atoms with Crippen molar-refractivity contribution in [3.8, 4) is 17.1 Å². The van der Waals surface area contributed by atoms with Crippen molar-refractivity contribution in [1.29, 1.82) is 0 Å². The summed E-state index contributed by atoms with van der Waals surface area (Å²) in [5, 5.41) is 11.0. The second kappa shape index (κ2) is 3.82. The molecule has 0 bridgehead atoms. The van der Waals surface area contributed by atoms with Crippen molar-refractivity contribution in [2.24, 2.45) is 0 Å². The zero-order chi connectivity index (χ0) is 11.8. The number of fused-ring (bicyclic) bond motifs is 1. The Morgan fingerprint density at radius 3 is 2.47 bits per heavy atom. The third-order valence-electron chi connectivity index (χ3n) is 2.63. The fourth-order valence-corrected chi connectivity index (χ4v) is 1.91. The molecule has 84 valence electrons. The van der Waals surface area contributed by atoms with Crippen LogP contribution in [-0.2, 0) is 0 Å². The first-order valence-electron chi connectivity index (χ1n) is 5.21. The highest BCUT2D eigenvalue weighted by molar-refractivity contribution is 6.30. The summed E-state index contributed by atoms with van der Waals surface area (Å²) in [6.45, 7) is 0. The molecule has 1 aromatic heterocycles. The van der Waals surface area contributed by atoms with E-state index >= 15 is 0 Å². The largest absolute Gasteiger partial charge is 0.508 e. The van der Waals surface area contributed by atoms with Crippen LogP contribution in [0, 0.1) is 0 Å². The van der Waals surface area contributed by atoms with Gasteiger partial charge in [0.15, 0.2) is 0 Å². The molecule has 1 N–H and O–H groups in total. The van der Waals surface area contributed by atoms with Gasteiger partial charge >= 0.3 is 0 Å². The van der Waals surface area contributed by atoms with Gasteiger partial charge in [-0.05, 0) is 48.5 Å². The van der Waals surface area contributed by atoms with E-state index in [2.05, 4.69) is 0 Å². The lowest BCUT2D eigenvalue weighted by atomic mass is 10.1. The van der Waals surface area contributed by atoms with Crippen LogP contribution in [0.15, 0.2) is 52.9 Å². The Morgan fingerprint density at radius 1 is 0.941 bits per heavy atom. The third-order valence-corrected chi connectivity index (χ3v) is 2.88. The first-order valence-corrected chi connectivity index (χ1v) is 5.59. The molecule has 0 unspecified atom stereocenters. The molecule has 0 saturated carbocycles. The Balaban J connectivity index is 2.14. The van der Waals surface area contributed by atoms with Gasteiger partial charge in [0.1, 0.15) is 17.1 Å². The molecule has 0 saturated heterocycles. The molecule has 1 heterocycles. The molecule has 0 spiro atoms. The van der Waals surface area contributed by atoms with Crippen molar-refractivity contribution in [3.63, 3.8) is 0 Å². The Kier molecular flexibility index (Phi) is 2.30. The second-order valence-electron chi connectivity index (χ2n) is 3.84. The highest BCUT2D eigenvalue weighted by Gasteiger charge is 2.06. The van der Waals surface area contributed by atoms with Crippen LogP contribution < -0.4 is 0 Å². The van der Waals surface area contributed by atoms with Gasteiger partial charge in [-0.1, -0.05) is 11.6 Å². The topological polar surface area (TPSA) is 33.4 Å². The number of hydrogen-bond donors (Lipinski definition) is 1. The molecule has 0 amide bonds. The fourth-order valence-electron chi connectivity index (χ4n) is 1.79. The standard InChI is InChI=1S/C14H9ClO2/c15-11-3-1-9(2-4-11)14-8-10-7-12(16)5-6-13(10)17-14/h1-8,16H. The molecule has 0 fully saturated rings. The SMILES string of the molecule is Oc1ccc2oc(-c3ccc(Cl)cc3)cc2c1. The second-order valence-corrected chi connectivity index (χ2v) is 4.28. The number of furan rings is 1. The maximum Gasteiger partial charge on any atom is 0.135 e. The number of hydrogen-bond acceptors (Lipinski definition) is 2. The zero-order valence-corrected chi connectivity index (χ0v) is 9.61. The Morgan fingerprint density at radius 2 is 1.71 bits per heavy atom. The maximum atomic E-state index is 9.39. The highest BCUT2D eigenvalue weighted by atomic mass is 35.5. The summed E-state index contributed by atoms with van der Waals surface area (Å²) in [7, 11) is 0. The molecule has 3 rings (SSSR count). The summed E-state index contributed by atoms with van der Waals surface area (Å²) in [4.78, 5) is 0. The normalized spacial score (nSPS) is 10.9. The van der Waals surface area contributed by atoms with Gasteiger partial charge in [-0.2, -0.15) is 0 Å². The van der Waals surface area contributed by atoms with E-state index in [0.29, 0.717) is 5.02 Å². The van der Waals surface area contributed by atoms with Crippen LogP contribution in [0.25, 0.3) is 22.3 Å². The first kappa shape index (κ1) is 10.2. The summed E-state index contributed by atoms with van der Waals surface area (Å²) < 4.78 is 5.69. The van der Waals surface area contributed by atoms with E-state index in [9.17, 15) is 5.11 Å². The van der Waals surface area contributed by atoms with Crippen LogP contribution in [0.1, 0.15) is 0 Å². The van der Waals surface area contributed by atoms with Crippen LogP contribution >= 0.6 is 11.6 Å². The maximum absolute atomic E-state index is 9.39. The Bertz CT molecular complexity index is 668. The van der Waals surface area contributed by atoms with Crippen LogP contribution in [0.3, 0.4) is 0 Å². The lowest BCUT2D eigenvalue weighted by molar-refractivity contribution is 0.476. The molecule has 17 heavy (non-hydrogen) atoms. The lowest BCUT2D eigenvalue weighted by Crippen LogP contribution is -1.71. The monoisotopic (exact) mass is 244 g/mol. The Hall–Kier alpha value is -1.93. The van der Waals surface area contributed by atoms with Crippen molar-refractivity contribution in [3.05, 3.63) is 53.6 Å². The third kappa shape index (κ3) is 1.87. The van der Waals surface area contributed by atoms with Gasteiger partial charge in [-0.25, -0.2) is 0 Å². The predicted octanol–water partition coefficient (Wildman–Crippen LogP) is 4.46. The van der Waals surface area contributed by atoms with Gasteiger partial charge in [-0.3, -0.25) is 0 Å². The van der Waals surface area contributed by atoms with Crippen LogP contribution in [0.5, 0.6) is 5.75 Å². The molecule has 2 nitrogen and oxygen atoms in total. The van der Waals surface area contributed by atoms with E-state index in [0.717, 1.165) is 22.3 Å². The van der Waals surface area contributed by atoms with Crippen molar-refractivity contribution in [2.75, 3.05) is 0 Å². The summed E-state index contributed by atoms with van der Waals surface area (Å²) >= 11 is 5.83. The van der Waals surface area contributed by atoms with Crippen molar-refractivity contribution >= 4 is 22.6 Å².